The number of piperazine rings is 1. The van der Waals surface area contributed by atoms with E-state index in [1.54, 1.807) is 28.6 Å². The molecule has 1 aliphatic heterocycles. The van der Waals surface area contributed by atoms with E-state index in [2.05, 4.69) is 15.1 Å². The Balaban J connectivity index is 1.54. The molecule has 0 atom stereocenters. The largest absolute Gasteiger partial charge is 0.424 e. The van der Waals surface area contributed by atoms with Crippen molar-refractivity contribution in [3.63, 3.8) is 0 Å². The summed E-state index contributed by atoms with van der Waals surface area (Å²) in [5, 5.41) is 8.69. The number of nitrogens with zero attached hydrogens (tertiary/aromatic N) is 4. The van der Waals surface area contributed by atoms with Gasteiger partial charge in [-0.3, -0.25) is 4.90 Å². The van der Waals surface area contributed by atoms with Gasteiger partial charge in [-0.2, -0.15) is 4.31 Å². The second kappa shape index (κ2) is 8.04. The summed E-state index contributed by atoms with van der Waals surface area (Å²) < 4.78 is 32.4. The molecule has 7 nitrogen and oxygen atoms in total. The fraction of sp³-hybridized carbons (Fsp3) is 0.529. The molecule has 1 aromatic carbocycles. The van der Waals surface area contributed by atoms with Crippen LogP contribution in [-0.4, -0.2) is 54.0 Å². The van der Waals surface area contributed by atoms with Crippen molar-refractivity contribution in [3.05, 3.63) is 46.6 Å². The summed E-state index contributed by atoms with van der Waals surface area (Å²) in [7, 11) is -3.34. The summed E-state index contributed by atoms with van der Waals surface area (Å²) in [6.45, 7) is 6.74. The Bertz CT molecular complexity index is 828. The Kier molecular flexibility index (Phi) is 5.96. The van der Waals surface area contributed by atoms with Gasteiger partial charge in [0.05, 0.1) is 12.3 Å². The molecule has 0 unspecified atom stereocenters. The van der Waals surface area contributed by atoms with Crippen molar-refractivity contribution >= 4 is 21.6 Å². The zero-order valence-corrected chi connectivity index (χ0v) is 16.5. The van der Waals surface area contributed by atoms with Gasteiger partial charge in [0, 0.05) is 37.1 Å². The van der Waals surface area contributed by atoms with Crippen LogP contribution < -0.4 is 0 Å². The SMILES string of the molecule is CC(C)c1nnc(CN2CCN(S(=O)(=O)Cc3ccc(Cl)cc3)CC2)o1. The molecule has 2 aromatic rings. The number of benzene rings is 1. The van der Waals surface area contributed by atoms with Crippen LogP contribution in [0.3, 0.4) is 0 Å². The second-order valence-corrected chi connectivity index (χ2v) is 9.15. The smallest absolute Gasteiger partial charge is 0.230 e. The van der Waals surface area contributed by atoms with E-state index in [1.807, 2.05) is 13.8 Å². The van der Waals surface area contributed by atoms with Crippen LogP contribution in [-0.2, 0) is 22.3 Å². The normalized spacial score (nSPS) is 17.1. The van der Waals surface area contributed by atoms with Crippen LogP contribution in [0.5, 0.6) is 0 Å². The fourth-order valence-corrected chi connectivity index (χ4v) is 4.45. The van der Waals surface area contributed by atoms with Gasteiger partial charge < -0.3 is 4.42 Å². The summed E-state index contributed by atoms with van der Waals surface area (Å²) in [5.74, 6) is 1.40. The van der Waals surface area contributed by atoms with Crippen molar-refractivity contribution in [1.82, 2.24) is 19.4 Å². The van der Waals surface area contributed by atoms with Crippen LogP contribution in [0.1, 0.15) is 37.1 Å². The first kappa shape index (κ1) is 19.3. The highest BCUT2D eigenvalue weighted by Crippen LogP contribution is 2.18. The van der Waals surface area contributed by atoms with E-state index >= 15 is 0 Å². The van der Waals surface area contributed by atoms with Crippen LogP contribution in [0.4, 0.5) is 0 Å². The molecule has 26 heavy (non-hydrogen) atoms. The Labute approximate surface area is 159 Å². The molecule has 0 bridgehead atoms. The van der Waals surface area contributed by atoms with E-state index in [1.165, 1.54) is 0 Å². The standard InChI is InChI=1S/C17H23ClN4O3S/c1-13(2)17-20-19-16(25-17)11-21-7-9-22(10-8-21)26(23,24)12-14-3-5-15(18)6-4-14/h3-6,13H,7-12H2,1-2H3. The molecule has 3 rings (SSSR count). The fourth-order valence-electron chi connectivity index (χ4n) is 2.80. The molecule has 1 fully saturated rings. The molecule has 2 heterocycles. The minimum Gasteiger partial charge on any atom is -0.424 e. The van der Waals surface area contributed by atoms with E-state index in [0.717, 1.165) is 5.56 Å². The predicted molar refractivity (Wildman–Crippen MR) is 99.3 cm³/mol. The third-order valence-electron chi connectivity index (χ3n) is 4.32. The first-order valence-electron chi connectivity index (χ1n) is 8.60. The van der Waals surface area contributed by atoms with Gasteiger partial charge in [-0.1, -0.05) is 37.6 Å². The van der Waals surface area contributed by atoms with Gasteiger partial charge >= 0.3 is 0 Å². The molecule has 0 radical (unpaired) electrons. The van der Waals surface area contributed by atoms with Gasteiger partial charge in [0.2, 0.25) is 21.8 Å². The lowest BCUT2D eigenvalue weighted by Crippen LogP contribution is -2.48. The van der Waals surface area contributed by atoms with Gasteiger partial charge in [0.1, 0.15) is 0 Å². The maximum atomic E-state index is 12.6. The predicted octanol–water partition coefficient (Wildman–Crippen LogP) is 2.49. The van der Waals surface area contributed by atoms with Gasteiger partial charge in [-0.15, -0.1) is 10.2 Å². The van der Waals surface area contributed by atoms with Gasteiger partial charge in [0.25, 0.3) is 0 Å². The molecule has 1 saturated heterocycles. The summed E-state index contributed by atoms with van der Waals surface area (Å²) >= 11 is 5.85. The molecular weight excluding hydrogens is 376 g/mol. The third kappa shape index (κ3) is 4.82. The maximum absolute atomic E-state index is 12.6. The van der Waals surface area contributed by atoms with E-state index in [9.17, 15) is 8.42 Å². The second-order valence-electron chi connectivity index (χ2n) is 6.75. The molecule has 1 aromatic heterocycles. The minimum atomic E-state index is -3.34. The molecule has 1 aliphatic rings. The first-order valence-corrected chi connectivity index (χ1v) is 10.6. The average Bonchev–Trinajstić information content (AvgIpc) is 3.06. The van der Waals surface area contributed by atoms with Crippen molar-refractivity contribution < 1.29 is 12.8 Å². The number of aromatic nitrogens is 2. The summed E-state index contributed by atoms with van der Waals surface area (Å²) in [4.78, 5) is 2.13. The zero-order valence-electron chi connectivity index (χ0n) is 14.9. The van der Waals surface area contributed by atoms with Crippen molar-refractivity contribution in [2.45, 2.75) is 32.1 Å². The topological polar surface area (TPSA) is 79.5 Å². The van der Waals surface area contributed by atoms with Crippen LogP contribution >= 0.6 is 11.6 Å². The molecule has 0 saturated carbocycles. The van der Waals surface area contributed by atoms with E-state index in [0.29, 0.717) is 49.5 Å². The molecule has 9 heteroatoms. The average molecular weight is 399 g/mol. The highest BCUT2D eigenvalue weighted by atomic mass is 35.5. The number of halogens is 1. The Morgan fingerprint density at radius 2 is 1.77 bits per heavy atom. The Hall–Kier alpha value is -1.48. The van der Waals surface area contributed by atoms with Crippen molar-refractivity contribution in [2.75, 3.05) is 26.2 Å². The Morgan fingerprint density at radius 1 is 1.12 bits per heavy atom. The summed E-state index contributed by atoms with van der Waals surface area (Å²) in [5.41, 5.74) is 0.740. The number of hydrogen-bond donors (Lipinski definition) is 0. The summed E-state index contributed by atoms with van der Waals surface area (Å²) in [6, 6.07) is 6.91. The highest BCUT2D eigenvalue weighted by molar-refractivity contribution is 7.88. The van der Waals surface area contributed by atoms with Crippen molar-refractivity contribution in [3.8, 4) is 0 Å². The van der Waals surface area contributed by atoms with E-state index in [4.69, 9.17) is 16.0 Å². The van der Waals surface area contributed by atoms with Crippen LogP contribution in [0.25, 0.3) is 0 Å². The zero-order chi connectivity index (χ0) is 18.7. The molecule has 0 aliphatic carbocycles. The monoisotopic (exact) mass is 398 g/mol. The van der Waals surface area contributed by atoms with Gasteiger partial charge in [0.15, 0.2) is 0 Å². The minimum absolute atomic E-state index is 0.00836. The van der Waals surface area contributed by atoms with Crippen LogP contribution in [0, 0.1) is 0 Å². The summed E-state index contributed by atoms with van der Waals surface area (Å²) in [6.07, 6.45) is 0. The van der Waals surface area contributed by atoms with Crippen LogP contribution in [0.15, 0.2) is 28.7 Å². The van der Waals surface area contributed by atoms with Crippen molar-refractivity contribution in [1.29, 1.82) is 0 Å². The lowest BCUT2D eigenvalue weighted by Gasteiger charge is -2.33. The highest BCUT2D eigenvalue weighted by Gasteiger charge is 2.27. The molecule has 0 N–H and O–H groups in total. The van der Waals surface area contributed by atoms with Gasteiger partial charge in [-0.25, -0.2) is 8.42 Å². The number of hydrogen-bond acceptors (Lipinski definition) is 6. The van der Waals surface area contributed by atoms with E-state index in [-0.39, 0.29) is 11.7 Å². The number of rotatable bonds is 6. The quantitative estimate of drug-likeness (QED) is 0.743. The first-order chi connectivity index (χ1) is 12.3. The molecule has 142 valence electrons. The van der Waals surface area contributed by atoms with Crippen molar-refractivity contribution in [2.24, 2.45) is 0 Å². The van der Waals surface area contributed by atoms with E-state index < -0.39 is 10.0 Å². The third-order valence-corrected chi connectivity index (χ3v) is 6.42. The number of sulfonamides is 1. The molecule has 0 amide bonds. The van der Waals surface area contributed by atoms with Gasteiger partial charge in [-0.05, 0) is 17.7 Å². The molecular formula is C17H23ClN4O3S. The lowest BCUT2D eigenvalue weighted by atomic mass is 10.2. The lowest BCUT2D eigenvalue weighted by molar-refractivity contribution is 0.167. The molecule has 0 spiro atoms. The van der Waals surface area contributed by atoms with Crippen LogP contribution in [0.2, 0.25) is 5.02 Å². The Morgan fingerprint density at radius 3 is 2.35 bits per heavy atom. The maximum Gasteiger partial charge on any atom is 0.230 e.